The Morgan fingerprint density at radius 3 is 2.54 bits per heavy atom. The third kappa shape index (κ3) is 4.66. The van der Waals surface area contributed by atoms with Crippen LogP contribution < -0.4 is 15.4 Å². The van der Waals surface area contributed by atoms with Gasteiger partial charge in [0.2, 0.25) is 0 Å². The number of amides is 1. The highest BCUT2D eigenvalue weighted by Gasteiger charge is 2.10. The Bertz CT molecular complexity index is 1040. The number of rotatable bonds is 6. The third-order valence-electron chi connectivity index (χ3n) is 3.97. The predicted molar refractivity (Wildman–Crippen MR) is 110 cm³/mol. The molecule has 0 aliphatic heterocycles. The minimum atomic E-state index is -0.302. The number of hydrogen-bond acceptors (Lipinski definition) is 5. The van der Waals surface area contributed by atoms with Gasteiger partial charge in [-0.15, -0.1) is 0 Å². The number of nitrogens with zero attached hydrogens (tertiary/aromatic N) is 1. The van der Waals surface area contributed by atoms with Crippen molar-refractivity contribution < 1.29 is 14.3 Å². The smallest absolute Gasteiger partial charge is 0.255 e. The third-order valence-corrected chi connectivity index (χ3v) is 4.27. The molecule has 0 aliphatic rings. The molecule has 0 radical (unpaired) electrons. The van der Waals surface area contributed by atoms with Crippen LogP contribution in [0.5, 0.6) is 5.75 Å². The fraction of sp³-hybridized carbons (Fsp3) is 0.0952. The number of nitrogens with one attached hydrogen (secondary N) is 2. The van der Waals surface area contributed by atoms with E-state index in [-0.39, 0.29) is 11.7 Å². The van der Waals surface area contributed by atoms with E-state index < -0.39 is 0 Å². The van der Waals surface area contributed by atoms with Crippen LogP contribution in [0.2, 0.25) is 5.02 Å². The van der Waals surface area contributed by atoms with E-state index in [1.807, 2.05) is 6.07 Å². The van der Waals surface area contributed by atoms with E-state index in [2.05, 4.69) is 15.6 Å². The molecule has 1 aromatic heterocycles. The number of carbonyl (C=O) groups is 2. The molecule has 1 amide bonds. The monoisotopic (exact) mass is 395 g/mol. The Balaban J connectivity index is 1.75. The number of ether oxygens (including phenoxy) is 1. The molecule has 0 fully saturated rings. The number of hydrogen-bond donors (Lipinski definition) is 2. The predicted octanol–water partition coefficient (Wildman–Crippen LogP) is 4.94. The van der Waals surface area contributed by atoms with Crippen LogP contribution >= 0.6 is 11.6 Å². The van der Waals surface area contributed by atoms with Gasteiger partial charge in [0.05, 0.1) is 12.1 Å². The van der Waals surface area contributed by atoms with Crippen molar-refractivity contribution in [1.29, 1.82) is 0 Å². The zero-order valence-electron chi connectivity index (χ0n) is 15.3. The molecule has 1 heterocycles. The molecule has 2 N–H and O–H groups in total. The Kier molecular flexibility index (Phi) is 5.91. The van der Waals surface area contributed by atoms with Gasteiger partial charge in [0.15, 0.2) is 5.78 Å². The van der Waals surface area contributed by atoms with E-state index >= 15 is 0 Å². The van der Waals surface area contributed by atoms with Crippen molar-refractivity contribution in [2.75, 3.05) is 17.7 Å². The van der Waals surface area contributed by atoms with Gasteiger partial charge in [-0.1, -0.05) is 23.7 Å². The molecule has 0 bridgehead atoms. The number of methoxy groups -OCH3 is 1. The van der Waals surface area contributed by atoms with Crippen LogP contribution in [-0.4, -0.2) is 23.8 Å². The van der Waals surface area contributed by atoms with Crippen molar-refractivity contribution in [2.45, 2.75) is 6.92 Å². The van der Waals surface area contributed by atoms with Gasteiger partial charge in [0, 0.05) is 28.7 Å². The number of pyridine rings is 1. The first-order valence-electron chi connectivity index (χ1n) is 8.45. The summed E-state index contributed by atoms with van der Waals surface area (Å²) in [4.78, 5) is 28.3. The Labute approximate surface area is 167 Å². The number of aromatic nitrogens is 1. The lowest BCUT2D eigenvalue weighted by Gasteiger charge is -2.10. The Morgan fingerprint density at radius 2 is 1.82 bits per heavy atom. The minimum Gasteiger partial charge on any atom is -0.495 e. The van der Waals surface area contributed by atoms with Crippen LogP contribution in [0.15, 0.2) is 60.8 Å². The molecule has 3 rings (SSSR count). The zero-order chi connectivity index (χ0) is 20.1. The highest BCUT2D eigenvalue weighted by molar-refractivity contribution is 6.32. The second kappa shape index (κ2) is 8.54. The van der Waals surface area contributed by atoms with Gasteiger partial charge in [0.1, 0.15) is 11.6 Å². The standard InChI is InChI=1S/C21H18ClN3O3/c1-13(26)14-4-3-5-16(10-14)24-20-11-15(8-9-23-20)21(27)25-17-6-7-19(28-2)18(22)12-17/h3-12H,1-2H3,(H,23,24)(H,25,27). The summed E-state index contributed by atoms with van der Waals surface area (Å²) in [5.74, 6) is 0.691. The molecule has 142 valence electrons. The molecular formula is C21H18ClN3O3. The normalized spacial score (nSPS) is 10.2. The van der Waals surface area contributed by atoms with Crippen LogP contribution in [0.4, 0.5) is 17.2 Å². The van der Waals surface area contributed by atoms with Crippen molar-refractivity contribution in [3.05, 3.63) is 76.9 Å². The van der Waals surface area contributed by atoms with Crippen molar-refractivity contribution in [1.82, 2.24) is 4.98 Å². The summed E-state index contributed by atoms with van der Waals surface area (Å²) in [7, 11) is 1.52. The van der Waals surface area contributed by atoms with Crippen molar-refractivity contribution >= 4 is 40.5 Å². The maximum absolute atomic E-state index is 12.5. The first-order valence-corrected chi connectivity index (χ1v) is 8.83. The molecular weight excluding hydrogens is 378 g/mol. The number of carbonyl (C=O) groups excluding carboxylic acids is 2. The molecule has 0 saturated heterocycles. The summed E-state index contributed by atoms with van der Waals surface area (Å²) >= 11 is 6.09. The van der Waals surface area contributed by atoms with E-state index in [1.165, 1.54) is 20.2 Å². The lowest BCUT2D eigenvalue weighted by atomic mass is 10.1. The lowest BCUT2D eigenvalue weighted by molar-refractivity contribution is 0.101. The molecule has 0 atom stereocenters. The first-order chi connectivity index (χ1) is 13.5. The van der Waals surface area contributed by atoms with E-state index in [0.717, 1.165) is 0 Å². The molecule has 2 aromatic carbocycles. The fourth-order valence-corrected chi connectivity index (χ4v) is 2.81. The number of anilines is 3. The average molecular weight is 396 g/mol. The van der Waals surface area contributed by atoms with Crippen molar-refractivity contribution in [2.24, 2.45) is 0 Å². The summed E-state index contributed by atoms with van der Waals surface area (Å²) in [6.07, 6.45) is 1.53. The maximum atomic E-state index is 12.5. The largest absolute Gasteiger partial charge is 0.495 e. The van der Waals surface area contributed by atoms with Crippen molar-refractivity contribution in [3.63, 3.8) is 0 Å². The number of benzene rings is 2. The van der Waals surface area contributed by atoms with Gasteiger partial charge in [-0.2, -0.15) is 0 Å². The van der Waals surface area contributed by atoms with Crippen LogP contribution in [0.1, 0.15) is 27.6 Å². The molecule has 0 spiro atoms. The summed E-state index contributed by atoms with van der Waals surface area (Å²) in [6.45, 7) is 1.51. The molecule has 0 unspecified atom stereocenters. The topological polar surface area (TPSA) is 80.3 Å². The summed E-state index contributed by atoms with van der Waals surface area (Å²) < 4.78 is 5.10. The fourth-order valence-electron chi connectivity index (χ4n) is 2.55. The summed E-state index contributed by atoms with van der Waals surface area (Å²) in [6, 6.07) is 15.3. The number of ketones is 1. The van der Waals surface area contributed by atoms with Crippen molar-refractivity contribution in [3.8, 4) is 5.75 Å². The maximum Gasteiger partial charge on any atom is 0.255 e. The van der Waals surface area contributed by atoms with Gasteiger partial charge in [-0.25, -0.2) is 4.98 Å². The highest BCUT2D eigenvalue weighted by Crippen LogP contribution is 2.27. The Hall–Kier alpha value is -3.38. The van der Waals surface area contributed by atoms with E-state index in [1.54, 1.807) is 48.5 Å². The second-order valence-corrected chi connectivity index (χ2v) is 6.40. The van der Waals surface area contributed by atoms with Gasteiger partial charge >= 0.3 is 0 Å². The van der Waals surface area contributed by atoms with Gasteiger partial charge < -0.3 is 15.4 Å². The Morgan fingerprint density at radius 1 is 1.00 bits per heavy atom. The molecule has 6 nitrogen and oxygen atoms in total. The molecule has 7 heteroatoms. The first kappa shape index (κ1) is 19.4. The van der Waals surface area contributed by atoms with Crippen LogP contribution in [0.3, 0.4) is 0 Å². The zero-order valence-corrected chi connectivity index (χ0v) is 16.1. The molecule has 0 saturated carbocycles. The SMILES string of the molecule is COc1ccc(NC(=O)c2ccnc(Nc3cccc(C(C)=O)c3)c2)cc1Cl. The van der Waals surface area contributed by atoms with Gasteiger partial charge in [0.25, 0.3) is 5.91 Å². The van der Waals surface area contributed by atoms with Gasteiger partial charge in [-0.05, 0) is 49.4 Å². The minimum absolute atomic E-state index is 0.0251. The highest BCUT2D eigenvalue weighted by atomic mass is 35.5. The molecule has 3 aromatic rings. The molecule has 0 aliphatic carbocycles. The van der Waals surface area contributed by atoms with Crippen LogP contribution in [0.25, 0.3) is 0 Å². The second-order valence-electron chi connectivity index (χ2n) is 6.00. The van der Waals surface area contributed by atoms with Crippen LogP contribution in [0, 0.1) is 0 Å². The van der Waals surface area contributed by atoms with E-state index in [0.29, 0.717) is 39.1 Å². The lowest BCUT2D eigenvalue weighted by Crippen LogP contribution is -2.12. The van der Waals surface area contributed by atoms with E-state index in [9.17, 15) is 9.59 Å². The number of halogens is 1. The summed E-state index contributed by atoms with van der Waals surface area (Å²) in [5, 5.41) is 6.29. The average Bonchev–Trinajstić information content (AvgIpc) is 2.68. The number of Topliss-reactive ketones (excluding diaryl/α,β-unsaturated/α-hetero) is 1. The quantitative estimate of drug-likeness (QED) is 0.577. The molecule has 28 heavy (non-hydrogen) atoms. The summed E-state index contributed by atoms with van der Waals surface area (Å²) in [5.41, 5.74) is 2.28. The van der Waals surface area contributed by atoms with E-state index in [4.69, 9.17) is 16.3 Å². The van der Waals surface area contributed by atoms with Gasteiger partial charge in [-0.3, -0.25) is 9.59 Å². The van der Waals surface area contributed by atoms with Crippen LogP contribution in [-0.2, 0) is 0 Å².